The van der Waals surface area contributed by atoms with Crippen molar-refractivity contribution in [1.82, 2.24) is 25.1 Å². The van der Waals surface area contributed by atoms with E-state index in [4.69, 9.17) is 10.3 Å². The normalized spacial score (nSPS) is 11.0. The van der Waals surface area contributed by atoms with Crippen LogP contribution in [0.4, 0.5) is 0 Å². The van der Waals surface area contributed by atoms with Crippen LogP contribution in [0, 0.1) is 13.8 Å². The van der Waals surface area contributed by atoms with Crippen molar-refractivity contribution in [2.24, 2.45) is 5.73 Å². The Bertz CT molecular complexity index is 838. The van der Waals surface area contributed by atoms with Crippen LogP contribution in [0.1, 0.15) is 29.8 Å². The molecular formula is C17H20N6O. The summed E-state index contributed by atoms with van der Waals surface area (Å²) in [5.74, 6) is 1.60. The van der Waals surface area contributed by atoms with Gasteiger partial charge in [0.05, 0.1) is 0 Å². The smallest absolute Gasteiger partial charge is 0.276 e. The van der Waals surface area contributed by atoms with E-state index >= 15 is 0 Å². The first-order chi connectivity index (χ1) is 11.6. The summed E-state index contributed by atoms with van der Waals surface area (Å²) in [6.07, 6.45) is 1.42. The van der Waals surface area contributed by atoms with Crippen molar-refractivity contribution >= 4 is 0 Å². The average Bonchev–Trinajstić information content (AvgIpc) is 3.04. The first-order valence-corrected chi connectivity index (χ1v) is 7.95. The summed E-state index contributed by atoms with van der Waals surface area (Å²) in [6.45, 7) is 6.42. The van der Waals surface area contributed by atoms with E-state index in [0.717, 1.165) is 29.1 Å². The van der Waals surface area contributed by atoms with Crippen LogP contribution in [-0.2, 0) is 12.8 Å². The second-order valence-corrected chi connectivity index (χ2v) is 5.61. The van der Waals surface area contributed by atoms with Crippen molar-refractivity contribution in [3.63, 3.8) is 0 Å². The van der Waals surface area contributed by atoms with Gasteiger partial charge in [-0.2, -0.15) is 4.98 Å². The second-order valence-electron chi connectivity index (χ2n) is 5.61. The molecule has 0 unspecified atom stereocenters. The van der Waals surface area contributed by atoms with Crippen LogP contribution in [0.15, 0.2) is 22.7 Å². The molecular weight excluding hydrogens is 304 g/mol. The minimum atomic E-state index is 0.382. The molecule has 124 valence electrons. The molecule has 3 aromatic rings. The summed E-state index contributed by atoms with van der Waals surface area (Å²) in [5, 5.41) is 4.08. The lowest BCUT2D eigenvalue weighted by molar-refractivity contribution is 0.430. The van der Waals surface area contributed by atoms with E-state index in [1.807, 2.05) is 39.0 Å². The molecule has 3 aromatic heterocycles. The number of nitrogens with zero attached hydrogens (tertiary/aromatic N) is 5. The second kappa shape index (κ2) is 6.84. The molecule has 2 N–H and O–H groups in total. The SMILES string of the molecule is CCc1cc(-c2nc(-c3cc(C)nc(C)c3)no2)nc(CCN)n1. The summed E-state index contributed by atoms with van der Waals surface area (Å²) in [5.41, 5.74) is 9.88. The summed E-state index contributed by atoms with van der Waals surface area (Å²) in [7, 11) is 0. The Morgan fingerprint density at radius 2 is 1.75 bits per heavy atom. The van der Waals surface area contributed by atoms with Gasteiger partial charge in [-0.15, -0.1) is 0 Å². The van der Waals surface area contributed by atoms with Crippen LogP contribution >= 0.6 is 0 Å². The number of hydrogen-bond donors (Lipinski definition) is 1. The van der Waals surface area contributed by atoms with Crippen LogP contribution in [0.3, 0.4) is 0 Å². The maximum atomic E-state index is 5.61. The lowest BCUT2D eigenvalue weighted by Gasteiger charge is -2.03. The first kappa shape index (κ1) is 16.2. The quantitative estimate of drug-likeness (QED) is 0.767. The van der Waals surface area contributed by atoms with Gasteiger partial charge in [0.2, 0.25) is 5.82 Å². The van der Waals surface area contributed by atoms with E-state index in [2.05, 4.69) is 25.1 Å². The van der Waals surface area contributed by atoms with Crippen LogP contribution in [0.5, 0.6) is 0 Å². The molecule has 0 aliphatic rings. The van der Waals surface area contributed by atoms with Crippen LogP contribution in [0.2, 0.25) is 0 Å². The Morgan fingerprint density at radius 3 is 2.42 bits per heavy atom. The van der Waals surface area contributed by atoms with E-state index in [0.29, 0.717) is 36.2 Å². The molecule has 0 bridgehead atoms. The molecule has 3 rings (SSSR count). The van der Waals surface area contributed by atoms with E-state index < -0.39 is 0 Å². The molecule has 0 fully saturated rings. The topological polar surface area (TPSA) is 104 Å². The van der Waals surface area contributed by atoms with Crippen molar-refractivity contribution in [3.05, 3.63) is 41.1 Å². The van der Waals surface area contributed by atoms with E-state index in [9.17, 15) is 0 Å². The van der Waals surface area contributed by atoms with Crippen molar-refractivity contribution in [1.29, 1.82) is 0 Å². The number of aromatic nitrogens is 5. The number of nitrogens with two attached hydrogens (primary N) is 1. The molecule has 0 amide bonds. The lowest BCUT2D eigenvalue weighted by atomic mass is 10.2. The Morgan fingerprint density at radius 1 is 1.00 bits per heavy atom. The van der Waals surface area contributed by atoms with E-state index in [1.165, 1.54) is 0 Å². The third-order valence-electron chi connectivity index (χ3n) is 3.54. The lowest BCUT2D eigenvalue weighted by Crippen LogP contribution is -2.08. The summed E-state index contributed by atoms with van der Waals surface area (Å²) in [6, 6.07) is 5.73. The highest BCUT2D eigenvalue weighted by Gasteiger charge is 2.14. The van der Waals surface area contributed by atoms with Gasteiger partial charge in [0.15, 0.2) is 0 Å². The van der Waals surface area contributed by atoms with E-state index in [-0.39, 0.29) is 0 Å². The van der Waals surface area contributed by atoms with Crippen LogP contribution < -0.4 is 5.73 Å². The summed E-state index contributed by atoms with van der Waals surface area (Å²) in [4.78, 5) is 17.8. The number of aryl methyl sites for hydroxylation is 3. The molecule has 0 radical (unpaired) electrons. The van der Waals surface area contributed by atoms with Crippen molar-refractivity contribution < 1.29 is 4.52 Å². The molecule has 0 atom stereocenters. The average molecular weight is 324 g/mol. The highest BCUT2D eigenvalue weighted by Crippen LogP contribution is 2.22. The first-order valence-electron chi connectivity index (χ1n) is 7.95. The van der Waals surface area contributed by atoms with Gasteiger partial charge in [0, 0.05) is 29.1 Å². The monoisotopic (exact) mass is 324 g/mol. The molecule has 24 heavy (non-hydrogen) atoms. The molecule has 0 spiro atoms. The van der Waals surface area contributed by atoms with Crippen LogP contribution in [0.25, 0.3) is 23.0 Å². The highest BCUT2D eigenvalue weighted by molar-refractivity contribution is 5.58. The molecule has 0 saturated heterocycles. The predicted molar refractivity (Wildman–Crippen MR) is 90.2 cm³/mol. The Labute approximate surface area is 140 Å². The third kappa shape index (κ3) is 3.46. The van der Waals surface area contributed by atoms with Crippen molar-refractivity contribution in [3.8, 4) is 23.0 Å². The van der Waals surface area contributed by atoms with Gasteiger partial charge in [-0.3, -0.25) is 4.98 Å². The zero-order valence-electron chi connectivity index (χ0n) is 14.1. The standard InChI is InChI=1S/C17H20N6O/c1-4-13-9-14(21-15(20-13)5-6-18)17-22-16(23-24-17)12-7-10(2)19-11(3)8-12/h7-9H,4-6,18H2,1-3H3. The fourth-order valence-electron chi connectivity index (χ4n) is 2.49. The van der Waals surface area contributed by atoms with Gasteiger partial charge >= 0.3 is 0 Å². The van der Waals surface area contributed by atoms with Gasteiger partial charge in [-0.25, -0.2) is 9.97 Å². The largest absolute Gasteiger partial charge is 0.332 e. The fraction of sp³-hybridized carbons (Fsp3) is 0.353. The molecule has 0 saturated carbocycles. The van der Waals surface area contributed by atoms with Gasteiger partial charge in [-0.1, -0.05) is 12.1 Å². The minimum Gasteiger partial charge on any atom is -0.332 e. The van der Waals surface area contributed by atoms with Gasteiger partial charge < -0.3 is 10.3 Å². The Balaban J connectivity index is 1.99. The van der Waals surface area contributed by atoms with Crippen LogP contribution in [-0.4, -0.2) is 31.6 Å². The van der Waals surface area contributed by atoms with Crippen molar-refractivity contribution in [2.75, 3.05) is 6.54 Å². The predicted octanol–water partition coefficient (Wildman–Crippen LogP) is 2.27. The van der Waals surface area contributed by atoms with E-state index in [1.54, 1.807) is 0 Å². The van der Waals surface area contributed by atoms with Gasteiger partial charge in [0.25, 0.3) is 5.89 Å². The number of hydrogen-bond acceptors (Lipinski definition) is 7. The zero-order chi connectivity index (χ0) is 17.1. The number of rotatable bonds is 5. The highest BCUT2D eigenvalue weighted by atomic mass is 16.5. The van der Waals surface area contributed by atoms with Crippen molar-refractivity contribution in [2.45, 2.75) is 33.6 Å². The molecule has 0 aliphatic carbocycles. The molecule has 0 aliphatic heterocycles. The fourth-order valence-corrected chi connectivity index (χ4v) is 2.49. The third-order valence-corrected chi connectivity index (χ3v) is 3.54. The van der Waals surface area contributed by atoms with Gasteiger partial charge in [-0.05, 0) is 45.0 Å². The molecule has 0 aromatic carbocycles. The Hall–Kier alpha value is -2.67. The maximum Gasteiger partial charge on any atom is 0.276 e. The molecule has 3 heterocycles. The number of pyridine rings is 1. The Kier molecular flexibility index (Phi) is 4.61. The minimum absolute atomic E-state index is 0.382. The zero-order valence-corrected chi connectivity index (χ0v) is 14.1. The maximum absolute atomic E-state index is 5.61. The van der Waals surface area contributed by atoms with Gasteiger partial charge in [0.1, 0.15) is 11.5 Å². The summed E-state index contributed by atoms with van der Waals surface area (Å²) < 4.78 is 5.41. The summed E-state index contributed by atoms with van der Waals surface area (Å²) >= 11 is 0. The molecule has 7 heteroatoms. The molecule has 7 nitrogen and oxygen atoms in total.